The van der Waals surface area contributed by atoms with Crippen LogP contribution in [-0.2, 0) is 0 Å². The number of rotatable bonds is 4. The molecular weight excluding hydrogens is 245 g/mol. The van der Waals surface area contributed by atoms with Gasteiger partial charge in [0.2, 0.25) is 0 Å². The summed E-state index contributed by atoms with van der Waals surface area (Å²) >= 11 is 5.86. The number of aliphatic hydroxyl groups is 1. The highest BCUT2D eigenvalue weighted by atomic mass is 35.5. The smallest absolute Gasteiger partial charge is 0.0732 e. The maximum absolute atomic E-state index is 9.81. The van der Waals surface area contributed by atoms with Crippen LogP contribution in [0.3, 0.4) is 0 Å². The van der Waals surface area contributed by atoms with Crippen molar-refractivity contribution in [1.29, 1.82) is 0 Å². The lowest BCUT2D eigenvalue weighted by Crippen LogP contribution is -2.26. The van der Waals surface area contributed by atoms with E-state index < -0.39 is 6.10 Å². The van der Waals surface area contributed by atoms with Crippen molar-refractivity contribution < 1.29 is 5.11 Å². The van der Waals surface area contributed by atoms with E-state index in [1.807, 2.05) is 32.0 Å². The molecule has 0 spiro atoms. The zero-order chi connectivity index (χ0) is 11.4. The summed E-state index contributed by atoms with van der Waals surface area (Å²) in [5.41, 5.74) is 7.99. The zero-order valence-electron chi connectivity index (χ0n) is 9.61. The molecule has 0 heterocycles. The van der Waals surface area contributed by atoms with Crippen LogP contribution in [0.5, 0.6) is 0 Å². The largest absolute Gasteiger partial charge is 0.391 e. The second kappa shape index (κ2) is 7.13. The van der Waals surface area contributed by atoms with Crippen LogP contribution in [0.25, 0.3) is 0 Å². The summed E-state index contributed by atoms with van der Waals surface area (Å²) in [6.45, 7) is 3.99. The third kappa shape index (κ3) is 3.95. The van der Waals surface area contributed by atoms with E-state index in [0.717, 1.165) is 24.0 Å². The molecule has 2 atom stereocenters. The summed E-state index contributed by atoms with van der Waals surface area (Å²) in [6, 6.07) is 5.25. The summed E-state index contributed by atoms with van der Waals surface area (Å²) in [7, 11) is 0. The molecule has 4 heteroatoms. The minimum Gasteiger partial charge on any atom is -0.391 e. The van der Waals surface area contributed by atoms with Gasteiger partial charge in [-0.2, -0.15) is 0 Å². The first-order valence-electron chi connectivity index (χ1n) is 5.26. The molecule has 0 fully saturated rings. The first kappa shape index (κ1) is 15.7. The van der Waals surface area contributed by atoms with Crippen LogP contribution < -0.4 is 5.73 Å². The molecule has 0 saturated heterocycles. The second-order valence-electron chi connectivity index (χ2n) is 3.88. The van der Waals surface area contributed by atoms with Crippen LogP contribution in [-0.4, -0.2) is 11.2 Å². The molecule has 0 aromatic heterocycles. The number of aliphatic hydroxyl groups excluding tert-OH is 1. The van der Waals surface area contributed by atoms with E-state index in [-0.39, 0.29) is 18.4 Å². The molecular formula is C12H19Cl2NO. The van der Waals surface area contributed by atoms with Crippen LogP contribution in [0.1, 0.15) is 36.9 Å². The molecule has 92 valence electrons. The summed E-state index contributed by atoms with van der Waals surface area (Å²) in [6.07, 6.45) is 1.18. The van der Waals surface area contributed by atoms with E-state index in [9.17, 15) is 5.11 Å². The predicted octanol–water partition coefficient (Wildman–Crippen LogP) is 3.23. The third-order valence-electron chi connectivity index (χ3n) is 2.59. The van der Waals surface area contributed by atoms with Crippen LogP contribution in [0.2, 0.25) is 5.02 Å². The van der Waals surface area contributed by atoms with Crippen LogP contribution in [0.4, 0.5) is 0 Å². The summed E-state index contributed by atoms with van der Waals surface area (Å²) < 4.78 is 0. The van der Waals surface area contributed by atoms with Crippen molar-refractivity contribution in [3.8, 4) is 0 Å². The number of hydrogen-bond acceptors (Lipinski definition) is 2. The number of hydrogen-bond donors (Lipinski definition) is 2. The van der Waals surface area contributed by atoms with Crippen LogP contribution in [0.15, 0.2) is 18.2 Å². The molecule has 3 N–H and O–H groups in total. The van der Waals surface area contributed by atoms with E-state index >= 15 is 0 Å². The Bertz CT molecular complexity index is 331. The molecule has 1 aromatic rings. The molecule has 2 nitrogen and oxygen atoms in total. The molecule has 16 heavy (non-hydrogen) atoms. The van der Waals surface area contributed by atoms with Crippen LogP contribution in [0, 0.1) is 6.92 Å². The lowest BCUT2D eigenvalue weighted by atomic mass is 9.95. The molecule has 0 unspecified atom stereocenters. The monoisotopic (exact) mass is 263 g/mol. The Balaban J connectivity index is 0.00000225. The summed E-state index contributed by atoms with van der Waals surface area (Å²) in [4.78, 5) is 0. The maximum Gasteiger partial charge on any atom is 0.0732 e. The minimum absolute atomic E-state index is 0. The Morgan fingerprint density at radius 3 is 2.56 bits per heavy atom. The van der Waals surface area contributed by atoms with Gasteiger partial charge in [0.05, 0.1) is 12.1 Å². The highest BCUT2D eigenvalue weighted by molar-refractivity contribution is 6.30. The fourth-order valence-electron chi connectivity index (χ4n) is 1.70. The van der Waals surface area contributed by atoms with Crippen molar-refractivity contribution in [3.05, 3.63) is 34.3 Å². The van der Waals surface area contributed by atoms with Gasteiger partial charge in [-0.15, -0.1) is 12.4 Å². The fraction of sp³-hybridized carbons (Fsp3) is 0.500. The van der Waals surface area contributed by atoms with E-state index in [4.69, 9.17) is 17.3 Å². The molecule has 1 rings (SSSR count). The first-order chi connectivity index (χ1) is 7.06. The number of nitrogens with two attached hydrogens (primary N) is 1. The molecule has 0 radical (unpaired) electrons. The van der Waals surface area contributed by atoms with Crippen molar-refractivity contribution in [3.63, 3.8) is 0 Å². The Morgan fingerprint density at radius 2 is 2.06 bits per heavy atom. The molecule has 0 amide bonds. The standard InChI is InChI=1S/C12H18ClNO.ClH/c1-3-4-11(15)12(14)10-6-5-9(13)7-8(10)2;/h5-7,11-12,15H,3-4,14H2,1-2H3;1H/t11-,12+;/m1./s1. The average Bonchev–Trinajstić information content (AvgIpc) is 2.17. The molecule has 0 bridgehead atoms. The molecule has 0 saturated carbocycles. The van der Waals surface area contributed by atoms with Gasteiger partial charge in [-0.25, -0.2) is 0 Å². The Kier molecular flexibility index (Phi) is 7.00. The maximum atomic E-state index is 9.81. The van der Waals surface area contributed by atoms with E-state index in [2.05, 4.69) is 0 Å². The quantitative estimate of drug-likeness (QED) is 0.877. The second-order valence-corrected chi connectivity index (χ2v) is 4.32. The summed E-state index contributed by atoms with van der Waals surface area (Å²) in [5.74, 6) is 0. The van der Waals surface area contributed by atoms with Gasteiger partial charge in [-0.1, -0.05) is 31.0 Å². The van der Waals surface area contributed by atoms with Crippen molar-refractivity contribution in [2.24, 2.45) is 5.73 Å². The Labute approximate surface area is 108 Å². The van der Waals surface area contributed by atoms with Gasteiger partial charge >= 0.3 is 0 Å². The predicted molar refractivity (Wildman–Crippen MR) is 71.3 cm³/mol. The zero-order valence-corrected chi connectivity index (χ0v) is 11.2. The average molecular weight is 264 g/mol. The number of aryl methyl sites for hydroxylation is 1. The van der Waals surface area contributed by atoms with Crippen molar-refractivity contribution in [2.75, 3.05) is 0 Å². The van der Waals surface area contributed by atoms with Gasteiger partial charge in [0.15, 0.2) is 0 Å². The summed E-state index contributed by atoms with van der Waals surface area (Å²) in [5, 5.41) is 10.5. The van der Waals surface area contributed by atoms with E-state index in [1.54, 1.807) is 0 Å². The van der Waals surface area contributed by atoms with Gasteiger partial charge in [-0.05, 0) is 36.6 Å². The topological polar surface area (TPSA) is 46.2 Å². The van der Waals surface area contributed by atoms with Crippen LogP contribution >= 0.6 is 24.0 Å². The van der Waals surface area contributed by atoms with E-state index in [1.165, 1.54) is 0 Å². The molecule has 1 aromatic carbocycles. The first-order valence-corrected chi connectivity index (χ1v) is 5.63. The highest BCUT2D eigenvalue weighted by Crippen LogP contribution is 2.23. The van der Waals surface area contributed by atoms with Gasteiger partial charge in [0.25, 0.3) is 0 Å². The number of benzene rings is 1. The van der Waals surface area contributed by atoms with E-state index in [0.29, 0.717) is 5.02 Å². The van der Waals surface area contributed by atoms with Gasteiger partial charge in [-0.3, -0.25) is 0 Å². The lowest BCUT2D eigenvalue weighted by Gasteiger charge is -2.20. The Morgan fingerprint density at radius 1 is 1.44 bits per heavy atom. The normalized spacial score (nSPS) is 14.1. The van der Waals surface area contributed by atoms with Crippen molar-refractivity contribution >= 4 is 24.0 Å². The van der Waals surface area contributed by atoms with Gasteiger partial charge < -0.3 is 10.8 Å². The number of halogens is 2. The minimum atomic E-state index is -0.477. The Hall–Kier alpha value is -0.280. The fourth-order valence-corrected chi connectivity index (χ4v) is 1.92. The SMILES string of the molecule is CCC[C@@H](O)[C@@H](N)c1ccc(Cl)cc1C.Cl. The molecule has 0 aliphatic carbocycles. The van der Waals surface area contributed by atoms with Crippen molar-refractivity contribution in [2.45, 2.75) is 38.8 Å². The molecule has 0 aliphatic heterocycles. The third-order valence-corrected chi connectivity index (χ3v) is 2.83. The highest BCUT2D eigenvalue weighted by Gasteiger charge is 2.17. The van der Waals surface area contributed by atoms with Gasteiger partial charge in [0.1, 0.15) is 0 Å². The van der Waals surface area contributed by atoms with Crippen molar-refractivity contribution in [1.82, 2.24) is 0 Å². The lowest BCUT2D eigenvalue weighted by molar-refractivity contribution is 0.134. The van der Waals surface area contributed by atoms with Gasteiger partial charge in [0, 0.05) is 5.02 Å². The molecule has 0 aliphatic rings.